The quantitative estimate of drug-likeness (QED) is 0.421. The lowest BCUT2D eigenvalue weighted by molar-refractivity contribution is -0.140. The molecular formula is C26H23F3N2O6S. The summed E-state index contributed by atoms with van der Waals surface area (Å²) in [6, 6.07) is 9.77. The van der Waals surface area contributed by atoms with E-state index in [0.717, 1.165) is 15.9 Å². The van der Waals surface area contributed by atoms with Gasteiger partial charge in [-0.05, 0) is 36.3 Å². The number of hydrogen-bond acceptors (Lipinski definition) is 8. The number of benzene rings is 2. The van der Waals surface area contributed by atoms with Crippen molar-refractivity contribution in [2.24, 2.45) is 4.99 Å². The molecule has 0 amide bonds. The SMILES string of the molecule is CCOC(=O)C1=C(C(F)(F)F)N=c2sc(=Cc3cc(OC)c(OC)c(OC)c3)c(=O)n2[C@H]1c1ccccc1. The van der Waals surface area contributed by atoms with Gasteiger partial charge in [-0.1, -0.05) is 41.7 Å². The molecule has 0 saturated heterocycles. The molecule has 0 unspecified atom stereocenters. The standard InChI is InChI=1S/C26H23F3N2O6S/c1-5-37-24(33)19-20(15-9-7-6-8-10-15)31-23(32)18(38-25(31)30-22(19)26(27,28)29)13-14-11-16(34-2)21(36-4)17(12-14)35-3/h6-13,20H,5H2,1-4H3/t20-/m0/s1. The van der Waals surface area contributed by atoms with Gasteiger partial charge in [0.05, 0.1) is 44.1 Å². The van der Waals surface area contributed by atoms with Crippen molar-refractivity contribution < 1.29 is 36.9 Å². The molecule has 8 nitrogen and oxygen atoms in total. The van der Waals surface area contributed by atoms with E-state index in [2.05, 4.69) is 4.99 Å². The Labute approximate surface area is 218 Å². The molecule has 0 radical (unpaired) electrons. The first kappa shape index (κ1) is 27.0. The maximum atomic E-state index is 14.2. The van der Waals surface area contributed by atoms with Crippen LogP contribution in [0.4, 0.5) is 13.2 Å². The number of ether oxygens (including phenoxy) is 4. The van der Waals surface area contributed by atoms with E-state index in [0.29, 0.717) is 28.4 Å². The highest BCUT2D eigenvalue weighted by Gasteiger charge is 2.45. The maximum absolute atomic E-state index is 14.2. The molecule has 1 aliphatic heterocycles. The Balaban J connectivity index is 2.03. The molecular weight excluding hydrogens is 525 g/mol. The number of nitrogens with zero attached hydrogens (tertiary/aromatic N) is 2. The minimum atomic E-state index is -4.97. The Morgan fingerprint density at radius 3 is 2.24 bits per heavy atom. The van der Waals surface area contributed by atoms with Gasteiger partial charge in [-0.15, -0.1) is 0 Å². The Morgan fingerprint density at radius 2 is 1.71 bits per heavy atom. The van der Waals surface area contributed by atoms with Gasteiger partial charge in [0.2, 0.25) is 5.75 Å². The van der Waals surface area contributed by atoms with Crippen molar-refractivity contribution in [1.82, 2.24) is 4.57 Å². The molecule has 0 saturated carbocycles. The van der Waals surface area contributed by atoms with E-state index < -0.39 is 35.0 Å². The van der Waals surface area contributed by atoms with E-state index >= 15 is 0 Å². The van der Waals surface area contributed by atoms with Crippen LogP contribution < -0.4 is 29.1 Å². The summed E-state index contributed by atoms with van der Waals surface area (Å²) in [5, 5.41) is 0. The van der Waals surface area contributed by atoms with Crippen molar-refractivity contribution in [2.75, 3.05) is 27.9 Å². The lowest BCUT2D eigenvalue weighted by Crippen LogP contribution is -2.41. The lowest BCUT2D eigenvalue weighted by atomic mass is 9.95. The van der Waals surface area contributed by atoms with Crippen molar-refractivity contribution in [3.8, 4) is 17.2 Å². The van der Waals surface area contributed by atoms with Gasteiger partial charge in [-0.25, -0.2) is 9.79 Å². The number of fused-ring (bicyclic) bond motifs is 1. The van der Waals surface area contributed by atoms with E-state index in [1.807, 2.05) is 0 Å². The van der Waals surface area contributed by atoms with Gasteiger partial charge in [0.1, 0.15) is 0 Å². The molecule has 200 valence electrons. The summed E-state index contributed by atoms with van der Waals surface area (Å²) in [6.45, 7) is 1.33. The topological polar surface area (TPSA) is 88.4 Å². The highest BCUT2D eigenvalue weighted by Crippen LogP contribution is 2.39. The zero-order chi connectivity index (χ0) is 27.6. The smallest absolute Gasteiger partial charge is 0.434 e. The summed E-state index contributed by atoms with van der Waals surface area (Å²) in [6.07, 6.45) is -3.49. The summed E-state index contributed by atoms with van der Waals surface area (Å²) in [7, 11) is 4.32. The average molecular weight is 549 g/mol. The summed E-state index contributed by atoms with van der Waals surface area (Å²) in [5.41, 5.74) is -2.00. The first-order valence-electron chi connectivity index (χ1n) is 11.3. The number of carbonyl (C=O) groups is 1. The fraction of sp³-hybridized carbons (Fsp3) is 0.269. The third kappa shape index (κ3) is 4.91. The van der Waals surface area contributed by atoms with E-state index in [1.165, 1.54) is 34.3 Å². The van der Waals surface area contributed by atoms with Crippen LogP contribution >= 0.6 is 11.3 Å². The Kier molecular flexibility index (Phi) is 7.63. The second-order valence-corrected chi connectivity index (χ2v) is 8.94. The van der Waals surface area contributed by atoms with Crippen molar-refractivity contribution >= 4 is 23.4 Å². The van der Waals surface area contributed by atoms with Gasteiger partial charge >= 0.3 is 12.1 Å². The number of allylic oxidation sites excluding steroid dienone is 1. The second-order valence-electron chi connectivity index (χ2n) is 7.93. The first-order chi connectivity index (χ1) is 18.1. The van der Waals surface area contributed by atoms with Crippen LogP contribution in [0, 0.1) is 0 Å². The summed E-state index contributed by atoms with van der Waals surface area (Å²) < 4.78 is 64.7. The van der Waals surface area contributed by atoms with Gasteiger partial charge in [0, 0.05) is 0 Å². The number of thiazole rings is 1. The molecule has 38 heavy (non-hydrogen) atoms. The van der Waals surface area contributed by atoms with Crippen molar-refractivity contribution in [2.45, 2.75) is 19.1 Å². The maximum Gasteiger partial charge on any atom is 0.434 e. The minimum Gasteiger partial charge on any atom is -0.493 e. The van der Waals surface area contributed by atoms with Gasteiger partial charge in [0.25, 0.3) is 5.56 Å². The zero-order valence-electron chi connectivity index (χ0n) is 20.8. The lowest BCUT2D eigenvalue weighted by Gasteiger charge is -2.26. The molecule has 0 N–H and O–H groups in total. The van der Waals surface area contributed by atoms with Crippen LogP contribution in [0.1, 0.15) is 24.1 Å². The third-order valence-electron chi connectivity index (χ3n) is 5.70. The van der Waals surface area contributed by atoms with E-state index in [-0.39, 0.29) is 15.9 Å². The number of aromatic nitrogens is 1. The second kappa shape index (κ2) is 10.7. The van der Waals surface area contributed by atoms with Gasteiger partial charge in [0.15, 0.2) is 22.0 Å². The fourth-order valence-corrected chi connectivity index (χ4v) is 5.13. The number of esters is 1. The summed E-state index contributed by atoms with van der Waals surface area (Å²) in [4.78, 5) is 30.1. The fourth-order valence-electron chi connectivity index (χ4n) is 4.13. The minimum absolute atomic E-state index is 0.0885. The Hall–Kier alpha value is -4.06. The third-order valence-corrected chi connectivity index (χ3v) is 6.68. The highest BCUT2D eigenvalue weighted by atomic mass is 32.1. The monoisotopic (exact) mass is 548 g/mol. The number of alkyl halides is 3. The number of methoxy groups -OCH3 is 3. The molecule has 0 fully saturated rings. The van der Waals surface area contributed by atoms with Gasteiger partial charge in [-0.3, -0.25) is 9.36 Å². The van der Waals surface area contributed by atoms with Gasteiger partial charge < -0.3 is 18.9 Å². The molecule has 0 spiro atoms. The van der Waals surface area contributed by atoms with Crippen LogP contribution in [-0.2, 0) is 9.53 Å². The molecule has 2 aromatic carbocycles. The molecule has 12 heteroatoms. The van der Waals surface area contributed by atoms with Crippen LogP contribution in [0.5, 0.6) is 17.2 Å². The number of carbonyl (C=O) groups excluding carboxylic acids is 1. The van der Waals surface area contributed by atoms with E-state index in [1.54, 1.807) is 42.5 Å². The zero-order valence-corrected chi connectivity index (χ0v) is 21.6. The van der Waals surface area contributed by atoms with Crippen LogP contribution in [0.3, 0.4) is 0 Å². The van der Waals surface area contributed by atoms with Crippen LogP contribution in [0.15, 0.2) is 63.5 Å². The Bertz CT molecular complexity index is 1550. The predicted molar refractivity (Wildman–Crippen MR) is 133 cm³/mol. The number of halogens is 3. The number of hydrogen-bond donors (Lipinski definition) is 0. The first-order valence-corrected chi connectivity index (χ1v) is 12.1. The van der Waals surface area contributed by atoms with E-state index in [4.69, 9.17) is 18.9 Å². The van der Waals surface area contributed by atoms with Crippen LogP contribution in [0.2, 0.25) is 0 Å². The molecule has 0 bridgehead atoms. The van der Waals surface area contributed by atoms with Crippen LogP contribution in [-0.4, -0.2) is 44.6 Å². The van der Waals surface area contributed by atoms with Crippen molar-refractivity contribution in [1.29, 1.82) is 0 Å². The molecule has 1 aliphatic rings. The summed E-state index contributed by atoms with van der Waals surface area (Å²) >= 11 is 0.768. The summed E-state index contributed by atoms with van der Waals surface area (Å²) in [5.74, 6) is -0.197. The normalized spacial score (nSPS) is 15.6. The largest absolute Gasteiger partial charge is 0.493 e. The molecule has 1 atom stereocenters. The molecule has 4 rings (SSSR count). The highest BCUT2D eigenvalue weighted by molar-refractivity contribution is 7.07. The van der Waals surface area contributed by atoms with Crippen molar-refractivity contribution in [3.05, 3.63) is 84.5 Å². The van der Waals surface area contributed by atoms with Gasteiger partial charge in [-0.2, -0.15) is 13.2 Å². The van der Waals surface area contributed by atoms with Crippen LogP contribution in [0.25, 0.3) is 6.08 Å². The molecule has 0 aliphatic carbocycles. The average Bonchev–Trinajstić information content (AvgIpc) is 3.21. The van der Waals surface area contributed by atoms with Crippen molar-refractivity contribution in [3.63, 3.8) is 0 Å². The predicted octanol–water partition coefficient (Wildman–Crippen LogP) is 3.37. The Morgan fingerprint density at radius 1 is 1.08 bits per heavy atom. The molecule has 2 heterocycles. The molecule has 1 aromatic heterocycles. The van der Waals surface area contributed by atoms with E-state index in [9.17, 15) is 22.8 Å². The number of rotatable bonds is 7. The molecule has 3 aromatic rings.